The van der Waals surface area contributed by atoms with Gasteiger partial charge in [-0.05, 0) is 43.0 Å². The van der Waals surface area contributed by atoms with Crippen LogP contribution in [0.4, 0.5) is 5.69 Å². The standard InChI is InChI=1S/C20H17ClN2O3S/c1-12-5-7-14(8-6-12)15-9-11-27-17(15)20(25)26-13(2)19(24)23-16-4-3-10-22-18(16)21/h3-11,13H,1-2H3,(H,23,24)/t13-/m0/s1. The molecule has 1 atom stereocenters. The van der Waals surface area contributed by atoms with Gasteiger partial charge in [0.2, 0.25) is 0 Å². The minimum atomic E-state index is -0.984. The van der Waals surface area contributed by atoms with E-state index >= 15 is 0 Å². The average molecular weight is 401 g/mol. The molecule has 3 rings (SSSR count). The first-order chi connectivity index (χ1) is 13.0. The number of hydrogen-bond acceptors (Lipinski definition) is 5. The van der Waals surface area contributed by atoms with Crippen molar-refractivity contribution in [3.8, 4) is 11.1 Å². The van der Waals surface area contributed by atoms with E-state index in [1.807, 2.05) is 42.6 Å². The molecule has 0 unspecified atom stereocenters. The number of hydrogen-bond donors (Lipinski definition) is 1. The van der Waals surface area contributed by atoms with Crippen LogP contribution in [0.5, 0.6) is 0 Å². The molecule has 0 aliphatic rings. The number of anilines is 1. The molecule has 0 fully saturated rings. The first kappa shape index (κ1) is 19.1. The van der Waals surface area contributed by atoms with Gasteiger partial charge < -0.3 is 10.1 Å². The molecular formula is C20H17ClN2O3S. The molecule has 0 aliphatic heterocycles. The first-order valence-electron chi connectivity index (χ1n) is 8.22. The zero-order valence-electron chi connectivity index (χ0n) is 14.7. The first-order valence-corrected chi connectivity index (χ1v) is 9.48. The number of carbonyl (C=O) groups is 2. The van der Waals surface area contributed by atoms with E-state index in [0.29, 0.717) is 10.6 Å². The van der Waals surface area contributed by atoms with Crippen LogP contribution >= 0.6 is 22.9 Å². The van der Waals surface area contributed by atoms with E-state index in [2.05, 4.69) is 10.3 Å². The molecule has 7 heteroatoms. The quantitative estimate of drug-likeness (QED) is 0.485. The van der Waals surface area contributed by atoms with Crippen LogP contribution in [0.2, 0.25) is 5.15 Å². The van der Waals surface area contributed by atoms with Gasteiger partial charge in [0.05, 0.1) is 5.69 Å². The topological polar surface area (TPSA) is 68.3 Å². The molecule has 27 heavy (non-hydrogen) atoms. The molecule has 0 aliphatic carbocycles. The second-order valence-corrected chi connectivity index (χ2v) is 7.18. The maximum atomic E-state index is 12.6. The Hall–Kier alpha value is -2.70. The second-order valence-electron chi connectivity index (χ2n) is 5.91. The highest BCUT2D eigenvalue weighted by Crippen LogP contribution is 2.29. The Balaban J connectivity index is 1.70. The van der Waals surface area contributed by atoms with Crippen molar-refractivity contribution in [1.82, 2.24) is 4.98 Å². The number of carbonyl (C=O) groups excluding carboxylic acids is 2. The minimum absolute atomic E-state index is 0.171. The summed E-state index contributed by atoms with van der Waals surface area (Å²) in [6, 6.07) is 13.0. The number of amides is 1. The monoisotopic (exact) mass is 400 g/mol. The van der Waals surface area contributed by atoms with E-state index < -0.39 is 18.0 Å². The maximum Gasteiger partial charge on any atom is 0.349 e. The third-order valence-electron chi connectivity index (χ3n) is 3.88. The molecule has 0 saturated heterocycles. The van der Waals surface area contributed by atoms with Crippen molar-refractivity contribution in [2.45, 2.75) is 20.0 Å². The van der Waals surface area contributed by atoms with E-state index in [4.69, 9.17) is 16.3 Å². The maximum absolute atomic E-state index is 12.6. The Morgan fingerprint density at radius 1 is 1.19 bits per heavy atom. The predicted octanol–water partition coefficient (Wildman–Crippen LogP) is 4.96. The van der Waals surface area contributed by atoms with Gasteiger partial charge >= 0.3 is 5.97 Å². The van der Waals surface area contributed by atoms with Gasteiger partial charge in [0.25, 0.3) is 5.91 Å². The van der Waals surface area contributed by atoms with Gasteiger partial charge in [-0.15, -0.1) is 11.3 Å². The molecule has 2 aromatic heterocycles. The SMILES string of the molecule is Cc1ccc(-c2ccsc2C(=O)O[C@@H](C)C(=O)Nc2cccnc2Cl)cc1. The molecule has 0 bridgehead atoms. The highest BCUT2D eigenvalue weighted by molar-refractivity contribution is 7.12. The van der Waals surface area contributed by atoms with Gasteiger partial charge in [-0.1, -0.05) is 41.4 Å². The Morgan fingerprint density at radius 2 is 1.93 bits per heavy atom. The Kier molecular flexibility index (Phi) is 5.88. The summed E-state index contributed by atoms with van der Waals surface area (Å²) in [6.07, 6.45) is 0.534. The number of ether oxygens (including phenoxy) is 1. The van der Waals surface area contributed by atoms with Crippen LogP contribution in [0.1, 0.15) is 22.2 Å². The number of aromatic nitrogens is 1. The Morgan fingerprint density at radius 3 is 2.63 bits per heavy atom. The molecular weight excluding hydrogens is 384 g/mol. The molecule has 0 radical (unpaired) electrons. The fraction of sp³-hybridized carbons (Fsp3) is 0.150. The minimum Gasteiger partial charge on any atom is -0.448 e. The lowest BCUT2D eigenvalue weighted by molar-refractivity contribution is -0.123. The largest absolute Gasteiger partial charge is 0.448 e. The molecule has 1 amide bonds. The normalized spacial score (nSPS) is 11.7. The highest BCUT2D eigenvalue weighted by Gasteiger charge is 2.23. The van der Waals surface area contributed by atoms with Crippen LogP contribution in [0.25, 0.3) is 11.1 Å². The van der Waals surface area contributed by atoms with Crippen molar-refractivity contribution in [3.63, 3.8) is 0 Å². The van der Waals surface area contributed by atoms with E-state index in [0.717, 1.165) is 16.7 Å². The summed E-state index contributed by atoms with van der Waals surface area (Å²) in [5.41, 5.74) is 3.21. The Labute approximate surface area is 166 Å². The van der Waals surface area contributed by atoms with Gasteiger partial charge in [0.1, 0.15) is 4.88 Å². The number of benzene rings is 1. The smallest absolute Gasteiger partial charge is 0.349 e. The van der Waals surface area contributed by atoms with E-state index in [1.54, 1.807) is 12.1 Å². The highest BCUT2D eigenvalue weighted by atomic mass is 35.5. The molecule has 138 valence electrons. The van der Waals surface area contributed by atoms with Crippen molar-refractivity contribution in [3.05, 3.63) is 69.6 Å². The van der Waals surface area contributed by atoms with Crippen LogP contribution in [0.3, 0.4) is 0 Å². The number of rotatable bonds is 5. The summed E-state index contributed by atoms with van der Waals surface area (Å²) in [4.78, 5) is 29.2. The van der Waals surface area contributed by atoms with Crippen molar-refractivity contribution in [1.29, 1.82) is 0 Å². The van der Waals surface area contributed by atoms with Crippen LogP contribution in [-0.2, 0) is 9.53 Å². The summed E-state index contributed by atoms with van der Waals surface area (Å²) >= 11 is 7.21. The molecule has 0 spiro atoms. The summed E-state index contributed by atoms with van der Waals surface area (Å²) in [6.45, 7) is 3.51. The zero-order chi connectivity index (χ0) is 19.4. The number of halogens is 1. The molecule has 2 heterocycles. The fourth-order valence-electron chi connectivity index (χ4n) is 2.41. The van der Waals surface area contributed by atoms with E-state index in [9.17, 15) is 9.59 Å². The van der Waals surface area contributed by atoms with Crippen LogP contribution in [0, 0.1) is 6.92 Å². The van der Waals surface area contributed by atoms with Crippen molar-refractivity contribution in [2.75, 3.05) is 5.32 Å². The molecule has 0 saturated carbocycles. The van der Waals surface area contributed by atoms with Crippen LogP contribution < -0.4 is 5.32 Å². The number of nitrogens with zero attached hydrogens (tertiary/aromatic N) is 1. The lowest BCUT2D eigenvalue weighted by Crippen LogP contribution is -2.30. The van der Waals surface area contributed by atoms with E-state index in [-0.39, 0.29) is 5.15 Å². The molecule has 1 aromatic carbocycles. The van der Waals surface area contributed by atoms with Crippen molar-refractivity contribution in [2.24, 2.45) is 0 Å². The van der Waals surface area contributed by atoms with Crippen LogP contribution in [-0.4, -0.2) is 23.0 Å². The Bertz CT molecular complexity index is 969. The van der Waals surface area contributed by atoms with Gasteiger partial charge in [-0.2, -0.15) is 0 Å². The van der Waals surface area contributed by atoms with Crippen molar-refractivity contribution >= 4 is 40.5 Å². The zero-order valence-corrected chi connectivity index (χ0v) is 16.3. The van der Waals surface area contributed by atoms with Gasteiger partial charge in [0.15, 0.2) is 11.3 Å². The molecule has 3 aromatic rings. The van der Waals surface area contributed by atoms with Gasteiger partial charge in [-0.3, -0.25) is 4.79 Å². The summed E-state index contributed by atoms with van der Waals surface area (Å²) in [7, 11) is 0. The number of aryl methyl sites for hydroxylation is 1. The molecule has 1 N–H and O–H groups in total. The number of thiophene rings is 1. The van der Waals surface area contributed by atoms with Gasteiger partial charge in [-0.25, -0.2) is 9.78 Å². The van der Waals surface area contributed by atoms with Crippen molar-refractivity contribution < 1.29 is 14.3 Å². The number of pyridine rings is 1. The lowest BCUT2D eigenvalue weighted by Gasteiger charge is -2.14. The summed E-state index contributed by atoms with van der Waals surface area (Å²) in [5, 5.41) is 4.60. The summed E-state index contributed by atoms with van der Waals surface area (Å²) in [5.74, 6) is -1.02. The van der Waals surface area contributed by atoms with Crippen LogP contribution in [0.15, 0.2) is 54.0 Å². The number of esters is 1. The summed E-state index contributed by atoms with van der Waals surface area (Å²) < 4.78 is 5.35. The third kappa shape index (κ3) is 4.53. The van der Waals surface area contributed by atoms with Gasteiger partial charge in [0, 0.05) is 11.8 Å². The average Bonchev–Trinajstić information content (AvgIpc) is 3.14. The third-order valence-corrected chi connectivity index (χ3v) is 5.08. The lowest BCUT2D eigenvalue weighted by atomic mass is 10.1. The molecule has 5 nitrogen and oxygen atoms in total. The van der Waals surface area contributed by atoms with E-state index in [1.165, 1.54) is 24.5 Å². The fourth-order valence-corrected chi connectivity index (χ4v) is 3.37. The second kappa shape index (κ2) is 8.33. The number of nitrogens with one attached hydrogen (secondary N) is 1. The predicted molar refractivity (Wildman–Crippen MR) is 107 cm³/mol.